The molecule has 2 unspecified atom stereocenters. The zero-order valence-electron chi connectivity index (χ0n) is 49.4. The summed E-state index contributed by atoms with van der Waals surface area (Å²) in [4.78, 5) is 35.2. The topological polar surface area (TPSA) is 134 Å². The van der Waals surface area contributed by atoms with Crippen molar-refractivity contribution >= 4 is 19.8 Å². The Bertz CT molecular complexity index is 1630. The fraction of sp³-hybridized carbons (Fsp3) is 0.701. The van der Waals surface area contributed by atoms with Crippen LogP contribution in [-0.4, -0.2) is 49.3 Å². The van der Waals surface area contributed by atoms with E-state index in [0.717, 1.165) is 109 Å². The standard InChI is InChI=1S/C67H116NO8P/c1-3-5-7-9-11-13-15-17-19-20-21-22-23-24-25-26-27-28-29-30-31-32-33-34-35-36-37-38-39-40-41-42-43-44-46-48-50-52-54-56-58-60-67(70)76-65(64-75-77(71,72)74-62-61-68)63-73-66(69)59-57-55-53-51-49-47-45-18-16-14-12-10-8-6-4-2/h5,7,11,13,17-19,21-22,24-25,27-28,30-31,33-34,45,65H,3-4,6,8-10,12,14-16,20,23,26,29,32,35-44,46-64,68H2,1-2H3,(H,71,72)/b7-5-,13-11-,19-17-,22-21-,25-24-,28-27-,31-30-,34-33-,45-18-. The largest absolute Gasteiger partial charge is 0.472 e. The molecule has 0 aromatic heterocycles. The number of unbranched alkanes of at least 4 members (excludes halogenated alkanes) is 27. The van der Waals surface area contributed by atoms with E-state index in [1.807, 2.05) is 0 Å². The Hall–Kier alpha value is -3.33. The third-order valence-electron chi connectivity index (χ3n) is 13.1. The summed E-state index contributed by atoms with van der Waals surface area (Å²) >= 11 is 0. The quantitative estimate of drug-likeness (QED) is 0.0264. The molecule has 0 rings (SSSR count). The lowest BCUT2D eigenvalue weighted by Gasteiger charge is -2.19. The molecular formula is C67H116NO8P. The van der Waals surface area contributed by atoms with E-state index in [2.05, 4.69) is 123 Å². The minimum absolute atomic E-state index is 0.0499. The summed E-state index contributed by atoms with van der Waals surface area (Å²) in [5.41, 5.74) is 5.38. The van der Waals surface area contributed by atoms with Crippen LogP contribution in [0, 0.1) is 0 Å². The summed E-state index contributed by atoms with van der Waals surface area (Å²) in [6.45, 7) is 3.62. The average molecular weight is 1090 g/mol. The zero-order chi connectivity index (χ0) is 55.9. The molecule has 3 N–H and O–H groups in total. The number of esters is 2. The van der Waals surface area contributed by atoms with Gasteiger partial charge in [-0.25, -0.2) is 4.57 Å². The van der Waals surface area contributed by atoms with Crippen molar-refractivity contribution in [3.63, 3.8) is 0 Å². The van der Waals surface area contributed by atoms with E-state index in [4.69, 9.17) is 24.3 Å². The van der Waals surface area contributed by atoms with Crippen molar-refractivity contribution in [2.75, 3.05) is 26.4 Å². The molecule has 0 heterocycles. The third-order valence-corrected chi connectivity index (χ3v) is 14.1. The highest BCUT2D eigenvalue weighted by molar-refractivity contribution is 7.47. The second kappa shape index (κ2) is 61.9. The Morgan fingerprint density at radius 1 is 0.403 bits per heavy atom. The summed E-state index contributed by atoms with van der Waals surface area (Å²) in [5.74, 6) is -0.834. The second-order valence-corrected chi connectivity index (χ2v) is 22.0. The van der Waals surface area contributed by atoms with E-state index in [-0.39, 0.29) is 38.6 Å². The van der Waals surface area contributed by atoms with Gasteiger partial charge in [-0.15, -0.1) is 0 Å². The maximum atomic E-state index is 12.7. The normalized spacial score (nSPS) is 13.8. The third kappa shape index (κ3) is 61.7. The Labute approximate surface area is 473 Å². The predicted octanol–water partition coefficient (Wildman–Crippen LogP) is 20.2. The molecule has 0 radical (unpaired) electrons. The molecule has 0 aromatic rings. The van der Waals surface area contributed by atoms with Gasteiger partial charge in [-0.05, 0) is 103 Å². The van der Waals surface area contributed by atoms with Crippen LogP contribution in [0.5, 0.6) is 0 Å². The van der Waals surface area contributed by atoms with Gasteiger partial charge in [-0.3, -0.25) is 18.6 Å². The van der Waals surface area contributed by atoms with E-state index in [1.165, 1.54) is 128 Å². The number of allylic oxidation sites excluding steroid dienone is 18. The van der Waals surface area contributed by atoms with Crippen LogP contribution in [0.3, 0.4) is 0 Å². The van der Waals surface area contributed by atoms with Crippen LogP contribution in [0.2, 0.25) is 0 Å². The van der Waals surface area contributed by atoms with Crippen LogP contribution < -0.4 is 5.73 Å². The van der Waals surface area contributed by atoms with Crippen molar-refractivity contribution in [1.82, 2.24) is 0 Å². The highest BCUT2D eigenvalue weighted by Gasteiger charge is 2.26. The molecule has 0 bridgehead atoms. The van der Waals surface area contributed by atoms with Gasteiger partial charge < -0.3 is 20.1 Å². The van der Waals surface area contributed by atoms with E-state index in [1.54, 1.807) is 0 Å². The number of phosphoric acid groups is 1. The van der Waals surface area contributed by atoms with Crippen molar-refractivity contribution in [3.05, 3.63) is 109 Å². The summed E-state index contributed by atoms with van der Waals surface area (Å²) in [6, 6.07) is 0. The molecule has 0 aliphatic heterocycles. The molecule has 0 saturated heterocycles. The number of carbonyl (C=O) groups is 2. The van der Waals surface area contributed by atoms with E-state index in [9.17, 15) is 19.0 Å². The van der Waals surface area contributed by atoms with Crippen LogP contribution in [0.1, 0.15) is 271 Å². The van der Waals surface area contributed by atoms with Crippen molar-refractivity contribution in [2.24, 2.45) is 5.73 Å². The second-order valence-electron chi connectivity index (χ2n) is 20.5. The van der Waals surface area contributed by atoms with E-state index in [0.29, 0.717) is 6.42 Å². The molecule has 0 aromatic carbocycles. The predicted molar refractivity (Wildman–Crippen MR) is 330 cm³/mol. The fourth-order valence-electron chi connectivity index (χ4n) is 8.53. The Kier molecular flexibility index (Phi) is 59.2. The van der Waals surface area contributed by atoms with E-state index < -0.39 is 26.5 Å². The van der Waals surface area contributed by atoms with Gasteiger partial charge in [0.05, 0.1) is 13.2 Å². The lowest BCUT2D eigenvalue weighted by Crippen LogP contribution is -2.29. The fourth-order valence-corrected chi connectivity index (χ4v) is 9.30. The molecule has 0 spiro atoms. The minimum atomic E-state index is -4.39. The van der Waals surface area contributed by atoms with Gasteiger partial charge in [0, 0.05) is 19.4 Å². The SMILES string of the molecule is CC/C=C\C/C=C\C/C=C\C/C=C\C/C=C\C/C=C\C/C=C\C/C=C\CCCCCCCCCCCCCCCCCCC(=O)OC(COC(=O)CCCCCCC/C=C\CCCCCCCC)COP(=O)(O)OCCN. The van der Waals surface area contributed by atoms with Gasteiger partial charge in [-0.2, -0.15) is 0 Å². The summed E-state index contributed by atoms with van der Waals surface area (Å²) in [7, 11) is -4.39. The number of rotatable bonds is 58. The van der Waals surface area contributed by atoms with Gasteiger partial charge in [0.1, 0.15) is 6.61 Å². The van der Waals surface area contributed by atoms with E-state index >= 15 is 0 Å². The molecule has 0 aliphatic carbocycles. The summed E-state index contributed by atoms with van der Waals surface area (Å²) < 4.78 is 33.0. The molecule has 0 amide bonds. The average Bonchev–Trinajstić information content (AvgIpc) is 3.42. The van der Waals surface area contributed by atoms with Crippen LogP contribution in [0.25, 0.3) is 0 Å². The van der Waals surface area contributed by atoms with Crippen molar-refractivity contribution in [1.29, 1.82) is 0 Å². The lowest BCUT2D eigenvalue weighted by atomic mass is 10.0. The number of carbonyl (C=O) groups excluding carboxylic acids is 2. The van der Waals surface area contributed by atoms with Crippen molar-refractivity contribution < 1.29 is 37.6 Å². The Balaban J connectivity index is 3.86. The molecule has 10 heteroatoms. The lowest BCUT2D eigenvalue weighted by molar-refractivity contribution is -0.161. The monoisotopic (exact) mass is 1090 g/mol. The van der Waals surface area contributed by atoms with Crippen LogP contribution in [0.15, 0.2) is 109 Å². The van der Waals surface area contributed by atoms with Gasteiger partial charge in [0.25, 0.3) is 0 Å². The molecule has 0 saturated carbocycles. The highest BCUT2D eigenvalue weighted by Crippen LogP contribution is 2.43. The summed E-state index contributed by atoms with van der Waals surface area (Å²) in [6.07, 6.45) is 84.5. The number of hydrogen-bond donors (Lipinski definition) is 2. The Morgan fingerprint density at radius 2 is 0.714 bits per heavy atom. The molecule has 0 aliphatic rings. The minimum Gasteiger partial charge on any atom is -0.462 e. The zero-order valence-corrected chi connectivity index (χ0v) is 50.3. The summed E-state index contributed by atoms with van der Waals surface area (Å²) in [5, 5.41) is 0. The molecule has 77 heavy (non-hydrogen) atoms. The molecule has 442 valence electrons. The molecule has 2 atom stereocenters. The number of ether oxygens (including phenoxy) is 2. The number of phosphoric ester groups is 1. The van der Waals surface area contributed by atoms with Gasteiger partial charge >= 0.3 is 19.8 Å². The first-order chi connectivity index (χ1) is 37.8. The first kappa shape index (κ1) is 73.7. The maximum Gasteiger partial charge on any atom is 0.472 e. The number of nitrogens with two attached hydrogens (primary N) is 1. The highest BCUT2D eigenvalue weighted by atomic mass is 31.2. The molecule has 9 nitrogen and oxygen atoms in total. The van der Waals surface area contributed by atoms with Crippen molar-refractivity contribution in [2.45, 2.75) is 277 Å². The van der Waals surface area contributed by atoms with Gasteiger partial charge in [-0.1, -0.05) is 264 Å². The van der Waals surface area contributed by atoms with Gasteiger partial charge in [0.15, 0.2) is 6.10 Å². The van der Waals surface area contributed by atoms with Crippen LogP contribution in [-0.2, 0) is 32.7 Å². The van der Waals surface area contributed by atoms with Crippen LogP contribution >= 0.6 is 7.82 Å². The first-order valence-corrected chi connectivity index (χ1v) is 32.9. The first-order valence-electron chi connectivity index (χ1n) is 31.4. The Morgan fingerprint density at radius 3 is 1.08 bits per heavy atom. The number of hydrogen-bond acceptors (Lipinski definition) is 8. The maximum absolute atomic E-state index is 12.7. The molecule has 0 fully saturated rings. The van der Waals surface area contributed by atoms with Crippen molar-refractivity contribution in [3.8, 4) is 0 Å². The van der Waals surface area contributed by atoms with Crippen LogP contribution in [0.4, 0.5) is 0 Å². The van der Waals surface area contributed by atoms with Gasteiger partial charge in [0.2, 0.25) is 0 Å². The molecular weight excluding hydrogens is 978 g/mol. The smallest absolute Gasteiger partial charge is 0.462 e.